The number of anilines is 2. The molecule has 0 aliphatic carbocycles. The minimum atomic E-state index is -0.282. The first-order valence-electron chi connectivity index (χ1n) is 5.04. The van der Waals surface area contributed by atoms with Crippen LogP contribution in [0, 0.1) is 0 Å². The molecule has 0 heterocycles. The number of amides is 2. The van der Waals surface area contributed by atoms with Crippen molar-refractivity contribution in [2.75, 3.05) is 18.2 Å². The van der Waals surface area contributed by atoms with Crippen LogP contribution in [0.15, 0.2) is 18.2 Å². The van der Waals surface area contributed by atoms with Crippen LogP contribution in [0.3, 0.4) is 0 Å². The van der Waals surface area contributed by atoms with Gasteiger partial charge in [0, 0.05) is 12.1 Å². The van der Waals surface area contributed by atoms with Crippen LogP contribution in [0.5, 0.6) is 5.75 Å². The van der Waals surface area contributed by atoms with Gasteiger partial charge in [0.2, 0.25) is 0 Å². The van der Waals surface area contributed by atoms with Crippen molar-refractivity contribution in [2.45, 2.75) is 19.9 Å². The van der Waals surface area contributed by atoms with Crippen LogP contribution in [0.25, 0.3) is 0 Å². The molecule has 1 rings (SSSR count). The van der Waals surface area contributed by atoms with Gasteiger partial charge in [-0.2, -0.15) is 0 Å². The predicted molar refractivity (Wildman–Crippen MR) is 64.7 cm³/mol. The van der Waals surface area contributed by atoms with Gasteiger partial charge in [0.1, 0.15) is 5.75 Å². The highest BCUT2D eigenvalue weighted by molar-refractivity contribution is 5.93. The highest BCUT2D eigenvalue weighted by Gasteiger charge is 2.06. The Bertz CT molecular complexity index is 377. The van der Waals surface area contributed by atoms with Gasteiger partial charge in [-0.05, 0) is 26.0 Å². The van der Waals surface area contributed by atoms with E-state index in [1.165, 1.54) is 0 Å². The van der Waals surface area contributed by atoms with Gasteiger partial charge in [-0.25, -0.2) is 4.79 Å². The number of carbonyl (C=O) groups is 1. The number of rotatable bonds is 3. The topological polar surface area (TPSA) is 76.4 Å². The molecule has 0 bridgehead atoms. The molecule has 5 heteroatoms. The maximum atomic E-state index is 11.5. The highest BCUT2D eigenvalue weighted by Crippen LogP contribution is 2.24. The van der Waals surface area contributed by atoms with E-state index in [1.807, 2.05) is 13.8 Å². The molecule has 0 aromatic heterocycles. The number of nitrogens with two attached hydrogens (primary N) is 1. The Kier molecular flexibility index (Phi) is 3.99. The minimum Gasteiger partial charge on any atom is -0.497 e. The lowest BCUT2D eigenvalue weighted by molar-refractivity contribution is 0.250. The normalized spacial score (nSPS) is 10.0. The Morgan fingerprint density at radius 2 is 2.12 bits per heavy atom. The number of hydrogen-bond acceptors (Lipinski definition) is 3. The van der Waals surface area contributed by atoms with Crippen LogP contribution in [-0.4, -0.2) is 19.2 Å². The number of urea groups is 1. The van der Waals surface area contributed by atoms with Crippen molar-refractivity contribution in [3.05, 3.63) is 18.2 Å². The quantitative estimate of drug-likeness (QED) is 0.684. The second-order valence-corrected chi connectivity index (χ2v) is 3.71. The van der Waals surface area contributed by atoms with Crippen LogP contribution in [0.2, 0.25) is 0 Å². The molecule has 0 atom stereocenters. The summed E-state index contributed by atoms with van der Waals surface area (Å²) in [4.78, 5) is 11.5. The maximum absolute atomic E-state index is 11.5. The van der Waals surface area contributed by atoms with Crippen molar-refractivity contribution in [3.8, 4) is 5.75 Å². The minimum absolute atomic E-state index is 0.0758. The molecule has 0 saturated carbocycles. The summed E-state index contributed by atoms with van der Waals surface area (Å²) in [6.07, 6.45) is 0. The smallest absolute Gasteiger partial charge is 0.319 e. The van der Waals surface area contributed by atoms with Crippen LogP contribution in [0.1, 0.15) is 13.8 Å². The molecule has 1 aromatic carbocycles. The average Bonchev–Trinajstić information content (AvgIpc) is 2.20. The van der Waals surface area contributed by atoms with Crippen molar-refractivity contribution in [3.63, 3.8) is 0 Å². The van der Waals surface area contributed by atoms with Crippen LogP contribution in [-0.2, 0) is 0 Å². The summed E-state index contributed by atoms with van der Waals surface area (Å²) in [6.45, 7) is 3.77. The molecule has 2 amide bonds. The number of benzene rings is 1. The van der Waals surface area contributed by atoms with Gasteiger partial charge in [-0.15, -0.1) is 0 Å². The van der Waals surface area contributed by atoms with Gasteiger partial charge >= 0.3 is 6.03 Å². The largest absolute Gasteiger partial charge is 0.497 e. The van der Waals surface area contributed by atoms with Crippen molar-refractivity contribution < 1.29 is 9.53 Å². The van der Waals surface area contributed by atoms with Gasteiger partial charge in [0.05, 0.1) is 18.5 Å². The molecule has 0 radical (unpaired) electrons. The first kappa shape index (κ1) is 12.2. The number of methoxy groups -OCH3 is 1. The maximum Gasteiger partial charge on any atom is 0.319 e. The van der Waals surface area contributed by atoms with Gasteiger partial charge in [0.15, 0.2) is 0 Å². The van der Waals surface area contributed by atoms with Gasteiger partial charge in [-0.3, -0.25) is 0 Å². The summed E-state index contributed by atoms with van der Waals surface area (Å²) in [5, 5.41) is 5.37. The zero-order valence-electron chi connectivity index (χ0n) is 9.70. The van der Waals surface area contributed by atoms with E-state index < -0.39 is 0 Å². The molecule has 16 heavy (non-hydrogen) atoms. The van der Waals surface area contributed by atoms with Gasteiger partial charge in [0.25, 0.3) is 0 Å². The summed E-state index contributed by atoms with van der Waals surface area (Å²) >= 11 is 0. The van der Waals surface area contributed by atoms with Crippen molar-refractivity contribution in [2.24, 2.45) is 0 Å². The molecule has 5 nitrogen and oxygen atoms in total. The van der Waals surface area contributed by atoms with Crippen molar-refractivity contribution >= 4 is 17.4 Å². The molecule has 0 fully saturated rings. The first-order chi connectivity index (χ1) is 7.52. The SMILES string of the molecule is COc1ccc(N)c(NC(=O)NC(C)C)c1. The van der Waals surface area contributed by atoms with Crippen LogP contribution in [0.4, 0.5) is 16.2 Å². The van der Waals surface area contributed by atoms with E-state index >= 15 is 0 Å². The standard InChI is InChI=1S/C11H17N3O2/c1-7(2)13-11(15)14-10-6-8(16-3)4-5-9(10)12/h4-7H,12H2,1-3H3,(H2,13,14,15). The molecular formula is C11H17N3O2. The molecule has 0 spiro atoms. The fourth-order valence-corrected chi connectivity index (χ4v) is 1.19. The van der Waals surface area contributed by atoms with E-state index in [4.69, 9.17) is 10.5 Å². The predicted octanol–water partition coefficient (Wildman–Crippen LogP) is 1.81. The lowest BCUT2D eigenvalue weighted by atomic mass is 10.2. The summed E-state index contributed by atoms with van der Waals surface area (Å²) in [5.41, 5.74) is 6.76. The van der Waals surface area contributed by atoms with Crippen LogP contribution < -0.4 is 21.1 Å². The molecule has 0 saturated heterocycles. The van der Waals surface area contributed by atoms with E-state index in [9.17, 15) is 4.79 Å². The first-order valence-corrected chi connectivity index (χ1v) is 5.04. The zero-order valence-corrected chi connectivity index (χ0v) is 9.70. The third-order valence-corrected chi connectivity index (χ3v) is 1.93. The van der Waals surface area contributed by atoms with E-state index in [0.717, 1.165) is 0 Å². The average molecular weight is 223 g/mol. The Labute approximate surface area is 95.0 Å². The lowest BCUT2D eigenvalue weighted by Crippen LogP contribution is -2.34. The van der Waals surface area contributed by atoms with E-state index in [-0.39, 0.29) is 12.1 Å². The van der Waals surface area contributed by atoms with Crippen molar-refractivity contribution in [1.82, 2.24) is 5.32 Å². The van der Waals surface area contributed by atoms with Crippen molar-refractivity contribution in [1.29, 1.82) is 0 Å². The number of carbonyl (C=O) groups excluding carboxylic acids is 1. The molecule has 88 valence electrons. The number of nitrogens with one attached hydrogen (secondary N) is 2. The Hall–Kier alpha value is -1.91. The number of ether oxygens (including phenoxy) is 1. The number of hydrogen-bond donors (Lipinski definition) is 3. The van der Waals surface area contributed by atoms with E-state index in [1.54, 1.807) is 25.3 Å². The highest BCUT2D eigenvalue weighted by atomic mass is 16.5. The monoisotopic (exact) mass is 223 g/mol. The summed E-state index contributed by atoms with van der Waals surface area (Å²) in [7, 11) is 1.56. The second-order valence-electron chi connectivity index (χ2n) is 3.71. The third kappa shape index (κ3) is 3.34. The summed E-state index contributed by atoms with van der Waals surface area (Å²) in [6, 6.07) is 4.89. The second kappa shape index (κ2) is 5.25. The zero-order chi connectivity index (χ0) is 12.1. The molecule has 0 unspecified atom stereocenters. The number of nitrogen functional groups attached to an aromatic ring is 1. The fraction of sp³-hybridized carbons (Fsp3) is 0.364. The van der Waals surface area contributed by atoms with E-state index in [0.29, 0.717) is 17.1 Å². The van der Waals surface area contributed by atoms with Gasteiger partial charge in [-0.1, -0.05) is 0 Å². The van der Waals surface area contributed by atoms with E-state index in [2.05, 4.69) is 10.6 Å². The van der Waals surface area contributed by atoms with Crippen LogP contribution >= 0.6 is 0 Å². The Morgan fingerprint density at radius 1 is 1.44 bits per heavy atom. The Morgan fingerprint density at radius 3 is 2.69 bits per heavy atom. The Balaban J connectivity index is 2.75. The third-order valence-electron chi connectivity index (χ3n) is 1.93. The summed E-state index contributed by atoms with van der Waals surface area (Å²) < 4.78 is 5.05. The lowest BCUT2D eigenvalue weighted by Gasteiger charge is -2.12. The van der Waals surface area contributed by atoms with Gasteiger partial charge < -0.3 is 21.1 Å². The summed E-state index contributed by atoms with van der Waals surface area (Å²) in [5.74, 6) is 0.647. The molecule has 0 aliphatic heterocycles. The molecule has 0 aliphatic rings. The molecule has 4 N–H and O–H groups in total. The molecular weight excluding hydrogens is 206 g/mol. The molecule has 1 aromatic rings. The fourth-order valence-electron chi connectivity index (χ4n) is 1.19.